The van der Waals surface area contributed by atoms with Crippen molar-refractivity contribution in [3.8, 4) is 5.75 Å². The Kier molecular flexibility index (Phi) is 4.47. The van der Waals surface area contributed by atoms with Crippen molar-refractivity contribution in [1.29, 1.82) is 0 Å². The molecule has 5 nitrogen and oxygen atoms in total. The van der Waals surface area contributed by atoms with Crippen molar-refractivity contribution >= 4 is 36.5 Å². The number of aryl methyl sites for hydroxylation is 2. The molecule has 2 N–H and O–H groups in total. The van der Waals surface area contributed by atoms with Gasteiger partial charge in [0.05, 0.1) is 15.1 Å². The molecule has 132 valence electrons. The number of aromatic hydroxyl groups is 1. The molecule has 0 aliphatic carbocycles. The summed E-state index contributed by atoms with van der Waals surface area (Å²) in [4.78, 5) is 4.96. The van der Waals surface area contributed by atoms with E-state index in [9.17, 15) is 13.5 Å². The lowest BCUT2D eigenvalue weighted by molar-refractivity contribution is 0.467. The standard InChI is InChI=1S/C18H20N2O3S2/c1-10-11(2)16(21)12(3)17-15(10)20-18(24-17)19-9-13-5-7-14(8-6-13)25(4,22)23/h5-8,21H,9H2,1-4H3,(H,19,20). The maximum atomic E-state index is 11.5. The van der Waals surface area contributed by atoms with Crippen LogP contribution in [0.4, 0.5) is 5.13 Å². The summed E-state index contributed by atoms with van der Waals surface area (Å²) in [5.41, 5.74) is 4.58. The molecule has 0 aliphatic heterocycles. The zero-order chi connectivity index (χ0) is 18.4. The van der Waals surface area contributed by atoms with Gasteiger partial charge in [0.1, 0.15) is 5.75 Å². The number of hydrogen-bond donors (Lipinski definition) is 2. The van der Waals surface area contributed by atoms with E-state index in [0.29, 0.717) is 17.2 Å². The Balaban J connectivity index is 1.84. The van der Waals surface area contributed by atoms with Gasteiger partial charge in [0, 0.05) is 18.4 Å². The Labute approximate surface area is 151 Å². The van der Waals surface area contributed by atoms with E-state index >= 15 is 0 Å². The molecule has 0 fully saturated rings. The summed E-state index contributed by atoms with van der Waals surface area (Å²) in [5.74, 6) is 0.330. The quantitative estimate of drug-likeness (QED) is 0.721. The minimum absolute atomic E-state index is 0.313. The summed E-state index contributed by atoms with van der Waals surface area (Å²) in [6.07, 6.45) is 1.20. The maximum absolute atomic E-state index is 11.5. The van der Waals surface area contributed by atoms with E-state index in [1.54, 1.807) is 24.3 Å². The van der Waals surface area contributed by atoms with Crippen molar-refractivity contribution in [2.45, 2.75) is 32.2 Å². The summed E-state index contributed by atoms with van der Waals surface area (Å²) >= 11 is 1.51. The summed E-state index contributed by atoms with van der Waals surface area (Å²) in [7, 11) is -3.18. The zero-order valence-electron chi connectivity index (χ0n) is 14.5. The summed E-state index contributed by atoms with van der Waals surface area (Å²) in [6.45, 7) is 6.31. The number of thiazole rings is 1. The van der Waals surface area contributed by atoms with Crippen molar-refractivity contribution in [3.05, 3.63) is 46.5 Å². The minimum atomic E-state index is -3.18. The van der Waals surface area contributed by atoms with Crippen LogP contribution in [0.1, 0.15) is 22.3 Å². The van der Waals surface area contributed by atoms with Crippen LogP contribution in [0.3, 0.4) is 0 Å². The van der Waals surface area contributed by atoms with Crippen LogP contribution in [0, 0.1) is 20.8 Å². The van der Waals surface area contributed by atoms with Gasteiger partial charge in [-0.15, -0.1) is 0 Å². The van der Waals surface area contributed by atoms with E-state index in [1.807, 2.05) is 20.8 Å². The fraction of sp³-hybridized carbons (Fsp3) is 0.278. The number of phenolic OH excluding ortho intramolecular Hbond substituents is 1. The van der Waals surface area contributed by atoms with Crippen molar-refractivity contribution in [2.24, 2.45) is 0 Å². The highest BCUT2D eigenvalue weighted by Gasteiger charge is 2.15. The number of benzene rings is 2. The number of rotatable bonds is 4. The number of sulfone groups is 1. The van der Waals surface area contributed by atoms with Gasteiger partial charge in [-0.25, -0.2) is 13.4 Å². The molecule has 0 aliphatic rings. The topological polar surface area (TPSA) is 79.3 Å². The second-order valence-electron chi connectivity index (χ2n) is 6.19. The van der Waals surface area contributed by atoms with Crippen LogP contribution in [-0.4, -0.2) is 24.8 Å². The van der Waals surface area contributed by atoms with Crippen LogP contribution in [0.2, 0.25) is 0 Å². The molecule has 3 aromatic rings. The largest absolute Gasteiger partial charge is 0.507 e. The summed E-state index contributed by atoms with van der Waals surface area (Å²) < 4.78 is 24.0. The molecule has 7 heteroatoms. The smallest absolute Gasteiger partial charge is 0.184 e. The number of hydrogen-bond acceptors (Lipinski definition) is 6. The molecule has 0 unspecified atom stereocenters. The fourth-order valence-corrected chi connectivity index (χ4v) is 4.33. The van der Waals surface area contributed by atoms with Crippen LogP contribution in [0.5, 0.6) is 5.75 Å². The molecule has 2 aromatic carbocycles. The minimum Gasteiger partial charge on any atom is -0.507 e. The lowest BCUT2D eigenvalue weighted by Gasteiger charge is -2.07. The monoisotopic (exact) mass is 376 g/mol. The van der Waals surface area contributed by atoms with Gasteiger partial charge in [-0.1, -0.05) is 23.5 Å². The van der Waals surface area contributed by atoms with E-state index in [2.05, 4.69) is 10.3 Å². The van der Waals surface area contributed by atoms with Gasteiger partial charge >= 0.3 is 0 Å². The van der Waals surface area contributed by atoms with E-state index < -0.39 is 9.84 Å². The highest BCUT2D eigenvalue weighted by atomic mass is 32.2. The molecular weight excluding hydrogens is 356 g/mol. The molecule has 0 bridgehead atoms. The Morgan fingerprint density at radius 3 is 2.32 bits per heavy atom. The van der Waals surface area contributed by atoms with Crippen LogP contribution < -0.4 is 5.32 Å². The molecule has 1 heterocycles. The van der Waals surface area contributed by atoms with Crippen LogP contribution in [0.15, 0.2) is 29.2 Å². The molecule has 0 spiro atoms. The predicted molar refractivity (Wildman–Crippen MR) is 102 cm³/mol. The number of fused-ring (bicyclic) bond motifs is 1. The van der Waals surface area contributed by atoms with Gasteiger partial charge in [0.25, 0.3) is 0 Å². The molecule has 0 atom stereocenters. The summed E-state index contributed by atoms with van der Waals surface area (Å²) in [5, 5.41) is 14.3. The number of aromatic nitrogens is 1. The van der Waals surface area contributed by atoms with Crippen LogP contribution in [0.25, 0.3) is 10.2 Å². The fourth-order valence-electron chi connectivity index (χ4n) is 2.68. The van der Waals surface area contributed by atoms with Crippen molar-refractivity contribution in [1.82, 2.24) is 4.98 Å². The van der Waals surface area contributed by atoms with E-state index in [-0.39, 0.29) is 0 Å². The number of nitrogens with zero attached hydrogens (tertiary/aromatic N) is 1. The van der Waals surface area contributed by atoms with Crippen LogP contribution >= 0.6 is 11.3 Å². The van der Waals surface area contributed by atoms with Gasteiger partial charge < -0.3 is 10.4 Å². The first kappa shape index (κ1) is 17.7. The molecular formula is C18H20N2O3S2. The SMILES string of the molecule is Cc1c(O)c(C)c2sc(NCc3ccc(S(C)(=O)=O)cc3)nc2c1C. The van der Waals surface area contributed by atoms with E-state index in [0.717, 1.165) is 37.6 Å². The Morgan fingerprint density at radius 1 is 1.08 bits per heavy atom. The molecule has 0 amide bonds. The average Bonchev–Trinajstić information content (AvgIpc) is 3.00. The number of anilines is 1. The molecule has 25 heavy (non-hydrogen) atoms. The normalized spacial score (nSPS) is 11.8. The van der Waals surface area contributed by atoms with Gasteiger partial charge in [-0.2, -0.15) is 0 Å². The van der Waals surface area contributed by atoms with Crippen LogP contribution in [-0.2, 0) is 16.4 Å². The molecule has 1 aromatic heterocycles. The lowest BCUT2D eigenvalue weighted by Crippen LogP contribution is -2.01. The van der Waals surface area contributed by atoms with E-state index in [1.165, 1.54) is 17.6 Å². The van der Waals surface area contributed by atoms with Crippen molar-refractivity contribution in [3.63, 3.8) is 0 Å². The van der Waals surface area contributed by atoms with Gasteiger partial charge in [0.15, 0.2) is 15.0 Å². The van der Waals surface area contributed by atoms with Gasteiger partial charge in [0.2, 0.25) is 0 Å². The first-order chi connectivity index (χ1) is 11.7. The van der Waals surface area contributed by atoms with Gasteiger partial charge in [-0.05, 0) is 49.6 Å². The highest BCUT2D eigenvalue weighted by molar-refractivity contribution is 7.90. The zero-order valence-corrected chi connectivity index (χ0v) is 16.2. The highest BCUT2D eigenvalue weighted by Crippen LogP contribution is 2.38. The number of nitrogens with one attached hydrogen (secondary N) is 1. The molecule has 0 saturated carbocycles. The Morgan fingerprint density at radius 2 is 1.72 bits per heavy atom. The summed E-state index contributed by atoms with van der Waals surface area (Å²) in [6, 6.07) is 6.81. The third kappa shape index (κ3) is 3.34. The third-order valence-electron chi connectivity index (χ3n) is 4.39. The maximum Gasteiger partial charge on any atom is 0.184 e. The van der Waals surface area contributed by atoms with E-state index in [4.69, 9.17) is 0 Å². The predicted octanol–water partition coefficient (Wildman–Crippen LogP) is 3.94. The van der Waals surface area contributed by atoms with Crippen molar-refractivity contribution in [2.75, 3.05) is 11.6 Å². The Hall–Kier alpha value is -2.12. The second kappa shape index (κ2) is 6.31. The number of phenols is 1. The third-order valence-corrected chi connectivity index (χ3v) is 6.65. The average molecular weight is 377 g/mol. The van der Waals surface area contributed by atoms with Crippen molar-refractivity contribution < 1.29 is 13.5 Å². The lowest BCUT2D eigenvalue weighted by atomic mass is 10.0. The second-order valence-corrected chi connectivity index (χ2v) is 9.20. The first-order valence-corrected chi connectivity index (χ1v) is 10.5. The molecule has 3 rings (SSSR count). The molecule has 0 saturated heterocycles. The first-order valence-electron chi connectivity index (χ1n) is 7.80. The van der Waals surface area contributed by atoms with Gasteiger partial charge in [-0.3, -0.25) is 0 Å². The Bertz CT molecular complexity index is 1010. The molecule has 0 radical (unpaired) electrons.